The van der Waals surface area contributed by atoms with Crippen molar-refractivity contribution < 1.29 is 14.0 Å². The molecular formula is C24H27ClN6O3. The molecule has 0 atom stereocenters. The molecule has 0 aliphatic heterocycles. The fourth-order valence-electron chi connectivity index (χ4n) is 2.98. The van der Waals surface area contributed by atoms with Crippen molar-refractivity contribution in [1.29, 1.82) is 0 Å². The van der Waals surface area contributed by atoms with Gasteiger partial charge in [0.25, 0.3) is 0 Å². The average Bonchev–Trinajstić information content (AvgIpc) is 3.34. The number of rotatable bonds is 11. The summed E-state index contributed by atoms with van der Waals surface area (Å²) >= 11 is 6.01. The second-order valence-corrected chi connectivity index (χ2v) is 7.79. The van der Waals surface area contributed by atoms with Crippen LogP contribution < -0.4 is 21.3 Å². The summed E-state index contributed by atoms with van der Waals surface area (Å²) in [5.41, 5.74) is 1.64. The molecule has 2 aromatic heterocycles. The number of nitrogens with one attached hydrogen (secondary N) is 4. The van der Waals surface area contributed by atoms with Crippen molar-refractivity contribution in [2.24, 2.45) is 0 Å². The Labute approximate surface area is 203 Å². The Morgan fingerprint density at radius 2 is 1.62 bits per heavy atom. The van der Waals surface area contributed by atoms with E-state index < -0.39 is 0 Å². The number of amides is 2. The summed E-state index contributed by atoms with van der Waals surface area (Å²) in [6.07, 6.45) is 4.58. The van der Waals surface area contributed by atoms with Crippen molar-refractivity contribution in [3.8, 4) is 11.4 Å². The van der Waals surface area contributed by atoms with Crippen LogP contribution in [0.5, 0.6) is 0 Å². The van der Waals surface area contributed by atoms with Gasteiger partial charge in [-0.25, -0.2) is 9.97 Å². The number of carbonyl (C=O) groups excluding carboxylic acids is 2. The summed E-state index contributed by atoms with van der Waals surface area (Å²) in [7, 11) is 0. The third-order valence-corrected chi connectivity index (χ3v) is 4.95. The van der Waals surface area contributed by atoms with Gasteiger partial charge in [0.15, 0.2) is 5.82 Å². The minimum absolute atomic E-state index is 0.0912. The van der Waals surface area contributed by atoms with Gasteiger partial charge in [0.05, 0.1) is 6.26 Å². The van der Waals surface area contributed by atoms with Gasteiger partial charge in [-0.3, -0.25) is 9.59 Å². The predicted molar refractivity (Wildman–Crippen MR) is 134 cm³/mol. The first-order chi connectivity index (χ1) is 16.4. The fourth-order valence-corrected chi connectivity index (χ4v) is 3.10. The van der Waals surface area contributed by atoms with Gasteiger partial charge in [-0.15, -0.1) is 0 Å². The van der Waals surface area contributed by atoms with Crippen molar-refractivity contribution >= 4 is 41.1 Å². The molecule has 1 aromatic carbocycles. The van der Waals surface area contributed by atoms with E-state index in [0.717, 1.165) is 11.1 Å². The molecule has 0 spiro atoms. The van der Waals surface area contributed by atoms with E-state index in [1.807, 2.05) is 19.1 Å². The van der Waals surface area contributed by atoms with E-state index in [0.29, 0.717) is 54.4 Å². The summed E-state index contributed by atoms with van der Waals surface area (Å²) in [5, 5.41) is 12.7. The van der Waals surface area contributed by atoms with Gasteiger partial charge in [0.1, 0.15) is 17.4 Å². The van der Waals surface area contributed by atoms with Gasteiger partial charge in [-0.05, 0) is 49.4 Å². The van der Waals surface area contributed by atoms with Crippen molar-refractivity contribution in [3.05, 3.63) is 65.1 Å². The normalized spacial score (nSPS) is 10.8. The van der Waals surface area contributed by atoms with Crippen LogP contribution in [0.3, 0.4) is 0 Å². The van der Waals surface area contributed by atoms with E-state index >= 15 is 0 Å². The number of benzene rings is 1. The Morgan fingerprint density at radius 1 is 0.971 bits per heavy atom. The lowest BCUT2D eigenvalue weighted by Crippen LogP contribution is -2.28. The Hall–Kier alpha value is -3.85. The zero-order valence-corrected chi connectivity index (χ0v) is 19.8. The first kappa shape index (κ1) is 24.8. The molecule has 34 heavy (non-hydrogen) atoms. The Morgan fingerprint density at radius 3 is 2.21 bits per heavy atom. The van der Waals surface area contributed by atoms with E-state index in [9.17, 15) is 9.59 Å². The van der Waals surface area contributed by atoms with Crippen LogP contribution in [0, 0.1) is 6.92 Å². The SMILES string of the molecule is CC(=O)NCCNc1nc(-c2ccc(Cl)cc2)nc(NCCNC(=O)/C=C/c2ccco2)c1C. The van der Waals surface area contributed by atoms with Crippen molar-refractivity contribution in [3.63, 3.8) is 0 Å². The molecule has 178 valence electrons. The number of aromatic nitrogens is 2. The topological polar surface area (TPSA) is 121 Å². The molecule has 10 heteroatoms. The van der Waals surface area contributed by atoms with Gasteiger partial charge in [0.2, 0.25) is 11.8 Å². The van der Waals surface area contributed by atoms with Crippen LogP contribution >= 0.6 is 11.6 Å². The molecule has 2 heterocycles. The van der Waals surface area contributed by atoms with Crippen LogP contribution in [0.2, 0.25) is 5.02 Å². The molecule has 0 saturated heterocycles. The molecule has 2 amide bonds. The molecule has 0 bridgehead atoms. The number of nitrogens with zero attached hydrogens (tertiary/aromatic N) is 2. The van der Waals surface area contributed by atoms with E-state index in [2.05, 4.69) is 31.2 Å². The number of furan rings is 1. The maximum Gasteiger partial charge on any atom is 0.244 e. The molecule has 0 aliphatic carbocycles. The van der Waals surface area contributed by atoms with Gasteiger partial charge in [0, 0.05) is 55.3 Å². The molecule has 3 rings (SSSR count). The largest absolute Gasteiger partial charge is 0.465 e. The lowest BCUT2D eigenvalue weighted by molar-refractivity contribution is -0.119. The summed E-state index contributed by atoms with van der Waals surface area (Å²) in [6.45, 7) is 5.21. The second-order valence-electron chi connectivity index (χ2n) is 7.35. The lowest BCUT2D eigenvalue weighted by Gasteiger charge is -2.16. The monoisotopic (exact) mass is 482 g/mol. The van der Waals surface area contributed by atoms with Gasteiger partial charge in [-0.1, -0.05) is 11.6 Å². The highest BCUT2D eigenvalue weighted by molar-refractivity contribution is 6.30. The number of halogens is 1. The van der Waals surface area contributed by atoms with Crippen molar-refractivity contribution in [1.82, 2.24) is 20.6 Å². The molecule has 3 aromatic rings. The van der Waals surface area contributed by atoms with E-state index in [4.69, 9.17) is 16.0 Å². The molecule has 9 nitrogen and oxygen atoms in total. The van der Waals surface area contributed by atoms with Crippen LogP contribution in [0.25, 0.3) is 17.5 Å². The van der Waals surface area contributed by atoms with Crippen molar-refractivity contribution in [2.75, 3.05) is 36.8 Å². The van der Waals surface area contributed by atoms with Gasteiger partial charge >= 0.3 is 0 Å². The third kappa shape index (κ3) is 7.63. The molecule has 0 aliphatic rings. The lowest BCUT2D eigenvalue weighted by atomic mass is 10.2. The Kier molecular flexibility index (Phi) is 9.04. The fraction of sp³-hybridized carbons (Fsp3) is 0.250. The maximum atomic E-state index is 12.0. The summed E-state index contributed by atoms with van der Waals surface area (Å²) in [6, 6.07) is 10.8. The number of hydrogen-bond donors (Lipinski definition) is 4. The van der Waals surface area contributed by atoms with E-state index in [-0.39, 0.29) is 11.8 Å². The van der Waals surface area contributed by atoms with Crippen LogP contribution in [-0.2, 0) is 9.59 Å². The third-order valence-electron chi connectivity index (χ3n) is 4.70. The summed E-state index contributed by atoms with van der Waals surface area (Å²) in [4.78, 5) is 32.4. The van der Waals surface area contributed by atoms with Crippen LogP contribution in [0.15, 0.2) is 53.2 Å². The first-order valence-corrected chi connectivity index (χ1v) is 11.2. The smallest absolute Gasteiger partial charge is 0.244 e. The van der Waals surface area contributed by atoms with Crippen LogP contribution in [0.1, 0.15) is 18.2 Å². The molecule has 0 fully saturated rings. The zero-order chi connectivity index (χ0) is 24.3. The van der Waals surface area contributed by atoms with Crippen LogP contribution in [0.4, 0.5) is 11.6 Å². The highest BCUT2D eigenvalue weighted by Crippen LogP contribution is 2.26. The van der Waals surface area contributed by atoms with Gasteiger partial charge in [-0.2, -0.15) is 0 Å². The highest BCUT2D eigenvalue weighted by Gasteiger charge is 2.12. The Balaban J connectivity index is 1.65. The van der Waals surface area contributed by atoms with Gasteiger partial charge < -0.3 is 25.7 Å². The summed E-state index contributed by atoms with van der Waals surface area (Å²) in [5.74, 6) is 2.11. The summed E-state index contributed by atoms with van der Waals surface area (Å²) < 4.78 is 5.17. The van der Waals surface area contributed by atoms with E-state index in [1.54, 1.807) is 36.6 Å². The van der Waals surface area contributed by atoms with Crippen molar-refractivity contribution in [2.45, 2.75) is 13.8 Å². The predicted octanol–water partition coefficient (Wildman–Crippen LogP) is 3.49. The molecule has 0 radical (unpaired) electrons. The maximum absolute atomic E-state index is 12.0. The minimum atomic E-state index is -0.222. The van der Waals surface area contributed by atoms with Crippen LogP contribution in [-0.4, -0.2) is 48.0 Å². The number of hydrogen-bond acceptors (Lipinski definition) is 7. The minimum Gasteiger partial charge on any atom is -0.465 e. The molecule has 0 saturated carbocycles. The number of anilines is 2. The highest BCUT2D eigenvalue weighted by atomic mass is 35.5. The molecular weight excluding hydrogens is 456 g/mol. The second kappa shape index (κ2) is 12.4. The Bertz CT molecular complexity index is 1130. The quantitative estimate of drug-likeness (QED) is 0.244. The zero-order valence-electron chi connectivity index (χ0n) is 19.0. The molecule has 0 unspecified atom stereocenters. The first-order valence-electron chi connectivity index (χ1n) is 10.8. The average molecular weight is 483 g/mol. The standard InChI is InChI=1S/C24H27ClN6O3/c1-16-22(28-13-11-26-17(2)32)30-24(18-5-7-19(25)8-6-18)31-23(16)29-14-12-27-21(33)10-9-20-4-3-15-34-20/h3-10,15H,11-14H2,1-2H3,(H,26,32)(H,27,33)(H2,28,29,30,31)/b10-9+. The number of carbonyl (C=O) groups is 2. The molecule has 4 N–H and O–H groups in total. The van der Waals surface area contributed by atoms with E-state index in [1.165, 1.54) is 13.0 Å².